The van der Waals surface area contributed by atoms with Crippen molar-refractivity contribution in [3.63, 3.8) is 0 Å². The van der Waals surface area contributed by atoms with E-state index in [4.69, 9.17) is 9.47 Å². The molecule has 1 N–H and O–H groups in total. The number of carbonyl (C=O) groups excluding carboxylic acids is 1. The standard InChI is InChI=1S/C32H30F4N6O3/c1-5-18-21(33)8-7-16-11-17(45-15-44-4)12-19(24(16)18)25-22(34)13-20-28(38-32(36)39-29(20)27(25)35)26-23-14-37-9-6-10-42(23)40-30(26)31(43)41(2)3/h7-8,11-13,37H,5-6,9-10,14-15H2,1-4H3. The van der Waals surface area contributed by atoms with Crippen LogP contribution in [-0.2, 0) is 24.2 Å². The van der Waals surface area contributed by atoms with Crippen LogP contribution in [-0.4, -0.2) is 65.1 Å². The molecule has 0 saturated heterocycles. The predicted molar refractivity (Wildman–Crippen MR) is 160 cm³/mol. The van der Waals surface area contributed by atoms with Crippen LogP contribution in [0.2, 0.25) is 0 Å². The summed E-state index contributed by atoms with van der Waals surface area (Å²) in [6.45, 7) is 3.00. The van der Waals surface area contributed by atoms with E-state index in [0.717, 1.165) is 12.5 Å². The number of nitrogens with one attached hydrogen (secondary N) is 1. The molecule has 1 aliphatic heterocycles. The zero-order valence-electron chi connectivity index (χ0n) is 25.1. The van der Waals surface area contributed by atoms with Crippen molar-refractivity contribution in [1.29, 1.82) is 0 Å². The normalized spacial score (nSPS) is 13.2. The SMILES string of the molecule is CCc1c(F)ccc2cc(OCOC)cc(-c3c(F)cc4c(-c5c(C(=O)N(C)C)nn6c5CNCCC6)nc(F)nc4c3F)c12. The number of nitrogens with zero attached hydrogens (tertiary/aromatic N) is 5. The topological polar surface area (TPSA) is 94.4 Å². The molecule has 234 valence electrons. The van der Waals surface area contributed by atoms with Crippen LogP contribution in [0.15, 0.2) is 30.3 Å². The van der Waals surface area contributed by atoms with E-state index < -0.39 is 40.5 Å². The van der Waals surface area contributed by atoms with E-state index in [1.807, 2.05) is 0 Å². The van der Waals surface area contributed by atoms with Gasteiger partial charge in [-0.05, 0) is 65.6 Å². The fourth-order valence-electron chi connectivity index (χ4n) is 5.88. The Balaban J connectivity index is 1.67. The molecule has 3 aromatic carbocycles. The quantitative estimate of drug-likeness (QED) is 0.143. The fourth-order valence-corrected chi connectivity index (χ4v) is 5.88. The zero-order valence-corrected chi connectivity index (χ0v) is 25.1. The van der Waals surface area contributed by atoms with Crippen LogP contribution < -0.4 is 10.1 Å². The Hall–Kier alpha value is -4.62. The number of aromatic nitrogens is 4. The third-order valence-corrected chi connectivity index (χ3v) is 7.88. The minimum absolute atomic E-state index is 0.000465. The second kappa shape index (κ2) is 12.1. The smallest absolute Gasteiger partial charge is 0.309 e. The summed E-state index contributed by atoms with van der Waals surface area (Å²) in [7, 11) is 4.51. The number of carbonyl (C=O) groups is 1. The first kappa shape index (κ1) is 30.4. The van der Waals surface area contributed by atoms with Gasteiger partial charge in [0.15, 0.2) is 18.3 Å². The van der Waals surface area contributed by atoms with Crippen molar-refractivity contribution < 1.29 is 31.8 Å². The second-order valence-corrected chi connectivity index (χ2v) is 10.9. The lowest BCUT2D eigenvalue weighted by molar-refractivity contribution is 0.0512. The van der Waals surface area contributed by atoms with Crippen LogP contribution in [0.5, 0.6) is 5.75 Å². The number of hydrogen-bond acceptors (Lipinski definition) is 7. The van der Waals surface area contributed by atoms with E-state index in [9.17, 15) is 4.79 Å². The highest BCUT2D eigenvalue weighted by molar-refractivity contribution is 6.06. The molecule has 0 bridgehead atoms. The van der Waals surface area contributed by atoms with Gasteiger partial charge >= 0.3 is 6.08 Å². The lowest BCUT2D eigenvalue weighted by Gasteiger charge is -2.17. The Morgan fingerprint density at radius 1 is 1.07 bits per heavy atom. The molecule has 5 aromatic rings. The number of benzene rings is 3. The van der Waals surface area contributed by atoms with Crippen LogP contribution >= 0.6 is 0 Å². The molecule has 2 aromatic heterocycles. The lowest BCUT2D eigenvalue weighted by Crippen LogP contribution is -2.23. The lowest BCUT2D eigenvalue weighted by atomic mass is 9.91. The first-order chi connectivity index (χ1) is 21.6. The molecule has 0 fully saturated rings. The molecule has 13 heteroatoms. The first-order valence-electron chi connectivity index (χ1n) is 14.4. The molecule has 0 unspecified atom stereocenters. The molecule has 0 saturated carbocycles. The van der Waals surface area contributed by atoms with Gasteiger partial charge in [0.25, 0.3) is 5.91 Å². The maximum atomic E-state index is 16.7. The van der Waals surface area contributed by atoms with E-state index in [0.29, 0.717) is 24.2 Å². The summed E-state index contributed by atoms with van der Waals surface area (Å²) >= 11 is 0. The van der Waals surface area contributed by atoms with Crippen molar-refractivity contribution in [2.45, 2.75) is 32.9 Å². The molecule has 6 rings (SSSR count). The molecule has 45 heavy (non-hydrogen) atoms. The summed E-state index contributed by atoms with van der Waals surface area (Å²) in [4.78, 5) is 22.3. The number of aryl methyl sites for hydroxylation is 2. The summed E-state index contributed by atoms with van der Waals surface area (Å²) in [6, 6.07) is 6.80. The highest BCUT2D eigenvalue weighted by Crippen LogP contribution is 2.42. The molecule has 0 spiro atoms. The predicted octanol–water partition coefficient (Wildman–Crippen LogP) is 5.61. The molecule has 0 radical (unpaired) electrons. The van der Waals surface area contributed by atoms with E-state index in [1.165, 1.54) is 30.2 Å². The van der Waals surface area contributed by atoms with E-state index >= 15 is 17.6 Å². The molecule has 1 amide bonds. The third-order valence-electron chi connectivity index (χ3n) is 7.88. The van der Waals surface area contributed by atoms with Crippen LogP contribution in [0.4, 0.5) is 17.6 Å². The van der Waals surface area contributed by atoms with Gasteiger partial charge in [0.1, 0.15) is 22.9 Å². The minimum Gasteiger partial charge on any atom is -0.468 e. The van der Waals surface area contributed by atoms with Crippen LogP contribution in [0.25, 0.3) is 44.1 Å². The third kappa shape index (κ3) is 5.25. The second-order valence-electron chi connectivity index (χ2n) is 10.9. The molecule has 0 atom stereocenters. The Labute approximate surface area is 255 Å². The highest BCUT2D eigenvalue weighted by Gasteiger charge is 2.31. The summed E-state index contributed by atoms with van der Waals surface area (Å²) in [6.07, 6.45) is -0.326. The maximum Gasteiger partial charge on any atom is 0.309 e. The Bertz CT molecular complexity index is 1980. The van der Waals surface area contributed by atoms with Gasteiger partial charge in [-0.25, -0.2) is 18.2 Å². The first-order valence-corrected chi connectivity index (χ1v) is 14.4. The van der Waals surface area contributed by atoms with E-state index in [1.54, 1.807) is 31.8 Å². The monoisotopic (exact) mass is 622 g/mol. The van der Waals surface area contributed by atoms with E-state index in [2.05, 4.69) is 20.4 Å². The number of hydrogen-bond donors (Lipinski definition) is 1. The largest absolute Gasteiger partial charge is 0.468 e. The number of fused-ring (bicyclic) bond motifs is 3. The molecule has 3 heterocycles. The molecule has 1 aliphatic rings. The Kier molecular flexibility index (Phi) is 8.14. The number of rotatable bonds is 7. The van der Waals surface area contributed by atoms with Gasteiger partial charge < -0.3 is 19.7 Å². The number of halogens is 4. The van der Waals surface area contributed by atoms with Gasteiger partial charge in [-0.2, -0.15) is 14.5 Å². The van der Waals surface area contributed by atoms with Gasteiger partial charge in [-0.1, -0.05) is 13.0 Å². The number of ether oxygens (including phenoxy) is 2. The van der Waals surface area contributed by atoms with Gasteiger partial charge in [0, 0.05) is 39.7 Å². The summed E-state index contributed by atoms with van der Waals surface area (Å²) in [5.74, 6) is -3.00. The average molecular weight is 623 g/mol. The van der Waals surface area contributed by atoms with Gasteiger partial charge in [0.05, 0.1) is 22.5 Å². The average Bonchev–Trinajstić information content (AvgIpc) is 3.21. The zero-order chi connectivity index (χ0) is 32.0. The fraction of sp³-hybridized carbons (Fsp3) is 0.312. The van der Waals surface area contributed by atoms with Gasteiger partial charge in [0.2, 0.25) is 0 Å². The Morgan fingerprint density at radius 2 is 1.87 bits per heavy atom. The van der Waals surface area contributed by atoms with Gasteiger partial charge in [-0.15, -0.1) is 0 Å². The number of methoxy groups -OCH3 is 1. The van der Waals surface area contributed by atoms with Crippen LogP contribution in [0, 0.1) is 23.5 Å². The summed E-state index contributed by atoms with van der Waals surface area (Å²) in [5.41, 5.74) is -0.310. The summed E-state index contributed by atoms with van der Waals surface area (Å²) < 4.78 is 75.5. The maximum absolute atomic E-state index is 16.7. The molecular formula is C32H30F4N6O3. The van der Waals surface area contributed by atoms with Gasteiger partial charge in [-0.3, -0.25) is 9.48 Å². The van der Waals surface area contributed by atoms with Crippen molar-refractivity contribution in [3.8, 4) is 28.1 Å². The minimum atomic E-state index is -1.28. The summed E-state index contributed by atoms with van der Waals surface area (Å²) in [5, 5.41) is 8.35. The molecule has 0 aliphatic carbocycles. The van der Waals surface area contributed by atoms with Crippen molar-refractivity contribution in [3.05, 3.63) is 70.8 Å². The van der Waals surface area contributed by atoms with Crippen LogP contribution in [0.1, 0.15) is 35.1 Å². The molecule has 9 nitrogen and oxygen atoms in total. The van der Waals surface area contributed by atoms with Crippen molar-refractivity contribution in [1.82, 2.24) is 30.0 Å². The Morgan fingerprint density at radius 3 is 2.60 bits per heavy atom. The van der Waals surface area contributed by atoms with E-state index in [-0.39, 0.29) is 64.4 Å². The highest BCUT2D eigenvalue weighted by atomic mass is 19.1. The van der Waals surface area contributed by atoms with Crippen molar-refractivity contribution in [2.75, 3.05) is 34.5 Å². The number of amides is 1. The van der Waals surface area contributed by atoms with Crippen molar-refractivity contribution in [2.24, 2.45) is 0 Å². The van der Waals surface area contributed by atoms with Crippen LogP contribution in [0.3, 0.4) is 0 Å². The molecular weight excluding hydrogens is 592 g/mol. The van der Waals surface area contributed by atoms with Crippen molar-refractivity contribution >= 4 is 27.6 Å².